The van der Waals surface area contributed by atoms with Gasteiger partial charge in [-0.15, -0.1) is 0 Å². The van der Waals surface area contributed by atoms with Crippen molar-refractivity contribution in [2.45, 2.75) is 6.17 Å². The summed E-state index contributed by atoms with van der Waals surface area (Å²) in [6.45, 7) is 0. The highest BCUT2D eigenvalue weighted by atomic mass is 32.2. The van der Waals surface area contributed by atoms with E-state index in [1.807, 2.05) is 0 Å². The molecule has 0 aromatic heterocycles. The van der Waals surface area contributed by atoms with E-state index in [4.69, 9.17) is 5.11 Å². The Morgan fingerprint density at radius 1 is 1.45 bits per heavy atom. The van der Waals surface area contributed by atoms with Crippen molar-refractivity contribution in [3.8, 4) is 0 Å². The lowest BCUT2D eigenvalue weighted by molar-refractivity contribution is -0.142. The van der Waals surface area contributed by atoms with Crippen molar-refractivity contribution in [1.82, 2.24) is 0 Å². The number of carbonyl (C=O) groups is 1. The minimum absolute atomic E-state index is 0.566. The van der Waals surface area contributed by atoms with Crippen LogP contribution in [0.3, 0.4) is 0 Å². The van der Waals surface area contributed by atoms with E-state index in [0.29, 0.717) is 0 Å². The normalized spacial score (nSPS) is 35.4. The molecular weight excluding hydrogens is 175 g/mol. The van der Waals surface area contributed by atoms with Crippen LogP contribution < -0.4 is 0 Å². The third-order valence-electron chi connectivity index (χ3n) is 1.60. The predicted molar refractivity (Wildman–Crippen MR) is 34.7 cm³/mol. The topological polar surface area (TPSA) is 71.4 Å². The first-order chi connectivity index (χ1) is 4.92. The van der Waals surface area contributed by atoms with Crippen LogP contribution in [0.4, 0.5) is 4.39 Å². The van der Waals surface area contributed by atoms with E-state index in [-0.39, 0.29) is 0 Å². The minimum Gasteiger partial charge on any atom is -0.481 e. The van der Waals surface area contributed by atoms with E-state index < -0.39 is 39.4 Å². The highest BCUT2D eigenvalue weighted by Crippen LogP contribution is 2.21. The molecule has 1 aliphatic rings. The fourth-order valence-corrected chi connectivity index (χ4v) is 2.78. The van der Waals surface area contributed by atoms with Crippen molar-refractivity contribution in [2.75, 3.05) is 11.5 Å². The summed E-state index contributed by atoms with van der Waals surface area (Å²) in [4.78, 5) is 10.2. The van der Waals surface area contributed by atoms with Crippen molar-refractivity contribution in [3.05, 3.63) is 0 Å². The van der Waals surface area contributed by atoms with E-state index in [9.17, 15) is 17.6 Å². The van der Waals surface area contributed by atoms with Crippen LogP contribution in [0.2, 0.25) is 0 Å². The first-order valence-corrected chi connectivity index (χ1v) is 4.82. The molecule has 0 saturated carbocycles. The second-order valence-electron chi connectivity index (χ2n) is 2.54. The zero-order chi connectivity index (χ0) is 8.65. The Bertz CT molecular complexity index is 270. The molecule has 0 aliphatic carbocycles. The SMILES string of the molecule is O=C(O)C1CS(=O)(=O)CC1F. The molecule has 0 aromatic rings. The molecule has 64 valence electrons. The van der Waals surface area contributed by atoms with Crippen LogP contribution in [0.5, 0.6) is 0 Å². The maximum atomic E-state index is 12.6. The summed E-state index contributed by atoms with van der Waals surface area (Å²) in [7, 11) is -3.45. The summed E-state index contributed by atoms with van der Waals surface area (Å²) < 4.78 is 33.9. The van der Waals surface area contributed by atoms with E-state index in [2.05, 4.69) is 0 Å². The van der Waals surface area contributed by atoms with Gasteiger partial charge in [0, 0.05) is 0 Å². The number of hydrogen-bond donors (Lipinski definition) is 1. The van der Waals surface area contributed by atoms with Crippen molar-refractivity contribution < 1.29 is 22.7 Å². The maximum Gasteiger partial charge on any atom is 0.310 e. The number of halogens is 1. The van der Waals surface area contributed by atoms with Gasteiger partial charge in [-0.2, -0.15) is 0 Å². The molecule has 1 fully saturated rings. The van der Waals surface area contributed by atoms with Gasteiger partial charge in [-0.1, -0.05) is 0 Å². The molecule has 1 N–H and O–H groups in total. The van der Waals surface area contributed by atoms with Crippen molar-refractivity contribution in [3.63, 3.8) is 0 Å². The quantitative estimate of drug-likeness (QED) is 0.590. The van der Waals surface area contributed by atoms with Gasteiger partial charge in [0.05, 0.1) is 11.5 Å². The lowest BCUT2D eigenvalue weighted by Crippen LogP contribution is -2.22. The molecule has 1 rings (SSSR count). The van der Waals surface area contributed by atoms with Gasteiger partial charge < -0.3 is 5.11 Å². The van der Waals surface area contributed by atoms with E-state index >= 15 is 0 Å². The molecular formula is C5H7FO4S. The molecule has 2 unspecified atom stereocenters. The first-order valence-electron chi connectivity index (χ1n) is 3.00. The highest BCUT2D eigenvalue weighted by Gasteiger charge is 2.42. The molecule has 0 radical (unpaired) electrons. The van der Waals surface area contributed by atoms with Gasteiger partial charge in [-0.05, 0) is 0 Å². The lowest BCUT2D eigenvalue weighted by atomic mass is 10.1. The fraction of sp³-hybridized carbons (Fsp3) is 0.800. The van der Waals surface area contributed by atoms with Gasteiger partial charge >= 0.3 is 5.97 Å². The van der Waals surface area contributed by atoms with Crippen LogP contribution in [0.25, 0.3) is 0 Å². The minimum atomic E-state index is -3.45. The van der Waals surface area contributed by atoms with Crippen LogP contribution >= 0.6 is 0 Å². The van der Waals surface area contributed by atoms with Gasteiger partial charge in [-0.25, -0.2) is 12.8 Å². The van der Waals surface area contributed by atoms with Crippen LogP contribution in [0.1, 0.15) is 0 Å². The maximum absolute atomic E-state index is 12.6. The average molecular weight is 182 g/mol. The number of alkyl halides is 1. The summed E-state index contributed by atoms with van der Waals surface area (Å²) >= 11 is 0. The largest absolute Gasteiger partial charge is 0.481 e. The molecule has 0 aromatic carbocycles. The molecule has 0 bridgehead atoms. The van der Waals surface area contributed by atoms with Gasteiger partial charge in [-0.3, -0.25) is 4.79 Å². The zero-order valence-electron chi connectivity index (χ0n) is 5.53. The molecule has 0 spiro atoms. The van der Waals surface area contributed by atoms with E-state index in [1.54, 1.807) is 0 Å². The second-order valence-corrected chi connectivity index (χ2v) is 4.69. The number of carboxylic acids is 1. The molecule has 2 atom stereocenters. The van der Waals surface area contributed by atoms with Crippen molar-refractivity contribution in [2.24, 2.45) is 5.92 Å². The molecule has 0 amide bonds. The zero-order valence-corrected chi connectivity index (χ0v) is 6.34. The second kappa shape index (κ2) is 2.44. The Morgan fingerprint density at radius 3 is 2.18 bits per heavy atom. The van der Waals surface area contributed by atoms with Crippen molar-refractivity contribution in [1.29, 1.82) is 0 Å². The molecule has 1 heterocycles. The molecule has 11 heavy (non-hydrogen) atoms. The van der Waals surface area contributed by atoms with E-state index in [1.165, 1.54) is 0 Å². The summed E-state index contributed by atoms with van der Waals surface area (Å²) in [5, 5.41) is 8.31. The Hall–Kier alpha value is -0.650. The van der Waals surface area contributed by atoms with E-state index in [0.717, 1.165) is 0 Å². The monoisotopic (exact) mass is 182 g/mol. The van der Waals surface area contributed by atoms with Gasteiger partial charge in [0.15, 0.2) is 9.84 Å². The third-order valence-corrected chi connectivity index (χ3v) is 3.29. The Morgan fingerprint density at radius 2 is 2.00 bits per heavy atom. The molecule has 6 heteroatoms. The molecule has 1 aliphatic heterocycles. The molecule has 4 nitrogen and oxygen atoms in total. The third kappa shape index (κ3) is 1.68. The molecule has 1 saturated heterocycles. The Balaban J connectivity index is 2.83. The standard InChI is InChI=1S/C5H7FO4S/c6-4-2-11(9,10)1-3(4)5(7)8/h3-4H,1-2H2,(H,7,8). The number of sulfone groups is 1. The lowest BCUT2D eigenvalue weighted by Gasteiger charge is -2.01. The van der Waals surface area contributed by atoms with Crippen LogP contribution in [-0.4, -0.2) is 37.2 Å². The number of aliphatic carboxylic acids is 1. The number of hydrogen-bond acceptors (Lipinski definition) is 3. The smallest absolute Gasteiger partial charge is 0.310 e. The number of rotatable bonds is 1. The summed E-state index contributed by atoms with van der Waals surface area (Å²) in [6.07, 6.45) is -1.74. The average Bonchev–Trinajstić information content (AvgIpc) is 2.05. The van der Waals surface area contributed by atoms with Crippen LogP contribution in [-0.2, 0) is 14.6 Å². The van der Waals surface area contributed by atoms with Crippen LogP contribution in [0, 0.1) is 5.92 Å². The van der Waals surface area contributed by atoms with Gasteiger partial charge in [0.1, 0.15) is 12.1 Å². The number of carboxylic acid groups (broad SMARTS) is 1. The van der Waals surface area contributed by atoms with Gasteiger partial charge in [0.25, 0.3) is 0 Å². The fourth-order valence-electron chi connectivity index (χ4n) is 1.03. The highest BCUT2D eigenvalue weighted by molar-refractivity contribution is 7.91. The first kappa shape index (κ1) is 8.45. The summed E-state index contributed by atoms with van der Waals surface area (Å²) in [5.41, 5.74) is 0. The Labute approximate surface area is 62.9 Å². The van der Waals surface area contributed by atoms with Crippen molar-refractivity contribution >= 4 is 15.8 Å². The van der Waals surface area contributed by atoms with Crippen LogP contribution in [0.15, 0.2) is 0 Å². The summed E-state index contributed by atoms with van der Waals surface area (Å²) in [6, 6.07) is 0. The van der Waals surface area contributed by atoms with Gasteiger partial charge in [0.2, 0.25) is 0 Å². The predicted octanol–water partition coefficient (Wildman–Crippen LogP) is -0.546. The summed E-state index contributed by atoms with van der Waals surface area (Å²) in [5.74, 6) is -3.95. The Kier molecular flexibility index (Phi) is 1.87.